The van der Waals surface area contributed by atoms with Crippen LogP contribution in [-0.4, -0.2) is 24.5 Å². The van der Waals surface area contributed by atoms with Crippen LogP contribution in [0.5, 0.6) is 0 Å². The minimum Gasteiger partial charge on any atom is -0.366 e. The summed E-state index contributed by atoms with van der Waals surface area (Å²) in [7, 11) is 0. The Kier molecular flexibility index (Phi) is 11.2. The Morgan fingerprint density at radius 3 is 1.79 bits per heavy atom. The number of pyridine rings is 1. The number of aromatic nitrogens is 5. The van der Waals surface area contributed by atoms with Gasteiger partial charge in [-0.15, -0.1) is 70.8 Å². The van der Waals surface area contributed by atoms with Gasteiger partial charge in [-0.2, -0.15) is 16.3 Å². The molecule has 39 heavy (non-hydrogen) atoms. The molecule has 0 spiro atoms. The molecular weight excluding hydrogens is 659 g/mol. The molecule has 0 saturated heterocycles. The first-order chi connectivity index (χ1) is 18.7. The van der Waals surface area contributed by atoms with Crippen molar-refractivity contribution in [3.63, 3.8) is 0 Å². The number of benzene rings is 3. The quantitative estimate of drug-likeness (QED) is 0.155. The average molecular weight is 685 g/mol. The first-order valence-corrected chi connectivity index (χ1v) is 12.0. The Bertz CT molecular complexity index is 1460. The van der Waals surface area contributed by atoms with Crippen molar-refractivity contribution >= 4 is 0 Å². The Morgan fingerprint density at radius 2 is 1.33 bits per heavy atom. The first kappa shape index (κ1) is 29.0. The van der Waals surface area contributed by atoms with E-state index in [9.17, 15) is 0 Å². The van der Waals surface area contributed by atoms with Gasteiger partial charge >= 0.3 is 20.1 Å². The van der Waals surface area contributed by atoms with Crippen molar-refractivity contribution in [3.8, 4) is 28.6 Å². The van der Waals surface area contributed by atoms with Crippen molar-refractivity contribution in [2.75, 3.05) is 0 Å². The Balaban J connectivity index is 0.000000173. The Labute approximate surface area is 243 Å². The van der Waals surface area contributed by atoms with Gasteiger partial charge in [-0.05, 0) is 35.3 Å². The maximum atomic E-state index is 6.69. The number of hydrogen-bond donors (Lipinski definition) is 0. The van der Waals surface area contributed by atoms with Crippen molar-refractivity contribution in [1.82, 2.24) is 24.5 Å². The SMILES string of the molecule is Cc1cc(C)c(-n2cccn2)[c-]c1-n1cccn1.[C-]#Cc1ccccc1.[Ir+3].[c-]1ccccc1-c1ccccn1. The summed E-state index contributed by atoms with van der Waals surface area (Å²) in [5.74, 6) is 2.28. The molecule has 6 heteroatoms. The minimum absolute atomic E-state index is 0. The zero-order chi connectivity index (χ0) is 26.6. The summed E-state index contributed by atoms with van der Waals surface area (Å²) in [6, 6.07) is 35.5. The van der Waals surface area contributed by atoms with Gasteiger partial charge in [-0.25, -0.2) is 0 Å². The van der Waals surface area contributed by atoms with E-state index in [0.717, 1.165) is 39.3 Å². The van der Waals surface area contributed by atoms with Gasteiger partial charge < -0.3 is 11.4 Å². The molecule has 3 aromatic carbocycles. The molecule has 0 radical (unpaired) electrons. The van der Waals surface area contributed by atoms with Gasteiger partial charge in [0.25, 0.3) is 0 Å². The fourth-order valence-corrected chi connectivity index (χ4v) is 3.65. The molecule has 0 aliphatic heterocycles. The van der Waals surface area contributed by atoms with E-state index in [2.05, 4.69) is 53.1 Å². The summed E-state index contributed by atoms with van der Waals surface area (Å²) >= 11 is 0. The molecule has 6 aromatic rings. The van der Waals surface area contributed by atoms with E-state index in [0.29, 0.717) is 0 Å². The van der Waals surface area contributed by atoms with Crippen LogP contribution in [0.1, 0.15) is 16.7 Å². The van der Waals surface area contributed by atoms with E-state index in [-0.39, 0.29) is 20.1 Å². The van der Waals surface area contributed by atoms with Crippen molar-refractivity contribution in [1.29, 1.82) is 0 Å². The van der Waals surface area contributed by atoms with Crippen LogP contribution < -0.4 is 0 Å². The van der Waals surface area contributed by atoms with Crippen LogP contribution in [0.4, 0.5) is 0 Å². The van der Waals surface area contributed by atoms with Crippen LogP contribution in [0.3, 0.4) is 0 Å². The molecule has 0 fully saturated rings. The molecule has 3 heterocycles. The van der Waals surface area contributed by atoms with E-state index in [1.807, 2.05) is 107 Å². The van der Waals surface area contributed by atoms with Crippen LogP contribution in [0.25, 0.3) is 22.6 Å². The number of nitrogens with zero attached hydrogens (tertiary/aromatic N) is 5. The molecule has 0 aliphatic carbocycles. The van der Waals surface area contributed by atoms with Gasteiger partial charge in [0.2, 0.25) is 0 Å². The molecule has 0 aliphatic rings. The third-order valence-corrected chi connectivity index (χ3v) is 5.45. The average Bonchev–Trinajstić information content (AvgIpc) is 3.71. The van der Waals surface area contributed by atoms with Gasteiger partial charge in [0.15, 0.2) is 0 Å². The van der Waals surface area contributed by atoms with Gasteiger partial charge in [-0.3, -0.25) is 15.3 Å². The molecule has 0 unspecified atom stereocenters. The standard InChI is InChI=1S/C14H13N4.C11H8N.C8H5.Ir/c1-11-9-12(2)14(18-8-4-6-16-18)10-13(11)17-7-3-5-15-17;1-2-6-10(7-3-1)11-8-4-5-9-12-11;1-2-8-6-4-3-5-7-8;/h3-9H,1-2H3;1-6,8-9H;3-7H;/q3*-1;+3. The smallest absolute Gasteiger partial charge is 0.366 e. The van der Waals surface area contributed by atoms with E-state index >= 15 is 0 Å². The molecule has 0 amide bonds. The molecule has 3 aromatic heterocycles. The Morgan fingerprint density at radius 1 is 0.718 bits per heavy atom. The predicted octanol–water partition coefficient (Wildman–Crippen LogP) is 6.65. The molecule has 0 bridgehead atoms. The minimum atomic E-state index is 0. The molecule has 0 saturated carbocycles. The Hall–Kier alpha value is -4.56. The van der Waals surface area contributed by atoms with Crippen LogP contribution in [-0.2, 0) is 20.1 Å². The summed E-state index contributed by atoms with van der Waals surface area (Å²) in [5, 5.41) is 8.51. The van der Waals surface area contributed by atoms with Gasteiger partial charge in [0.1, 0.15) is 0 Å². The summed E-state index contributed by atoms with van der Waals surface area (Å²) < 4.78 is 3.64. The first-order valence-electron chi connectivity index (χ1n) is 12.0. The van der Waals surface area contributed by atoms with E-state index < -0.39 is 0 Å². The second-order valence-electron chi connectivity index (χ2n) is 8.22. The zero-order valence-electron chi connectivity index (χ0n) is 21.6. The van der Waals surface area contributed by atoms with Crippen molar-refractivity contribution < 1.29 is 20.1 Å². The summed E-state index contributed by atoms with van der Waals surface area (Å²) in [4.78, 5) is 4.22. The summed E-state index contributed by atoms with van der Waals surface area (Å²) in [5.41, 5.74) is 7.04. The third kappa shape index (κ3) is 8.21. The van der Waals surface area contributed by atoms with E-state index in [1.165, 1.54) is 0 Å². The number of aryl methyl sites for hydroxylation is 2. The number of hydrogen-bond acceptors (Lipinski definition) is 3. The largest absolute Gasteiger partial charge is 3.00 e. The third-order valence-electron chi connectivity index (χ3n) is 5.45. The maximum absolute atomic E-state index is 6.69. The van der Waals surface area contributed by atoms with Crippen molar-refractivity contribution in [3.05, 3.63) is 157 Å². The predicted molar refractivity (Wildman–Crippen MR) is 150 cm³/mol. The van der Waals surface area contributed by atoms with Crippen LogP contribution in [0.15, 0.2) is 122 Å². The molecular formula is C33H26IrN5. The molecule has 6 rings (SSSR count). The summed E-state index contributed by atoms with van der Waals surface area (Å²) in [6.07, 6.45) is 15.8. The van der Waals surface area contributed by atoms with Gasteiger partial charge in [0, 0.05) is 31.0 Å². The molecule has 5 nitrogen and oxygen atoms in total. The molecule has 0 atom stereocenters. The monoisotopic (exact) mass is 685 g/mol. The van der Waals surface area contributed by atoms with Crippen LogP contribution >= 0.6 is 0 Å². The second-order valence-corrected chi connectivity index (χ2v) is 8.22. The fraction of sp³-hybridized carbons (Fsp3) is 0.0606. The van der Waals surface area contributed by atoms with Gasteiger partial charge in [0.05, 0.1) is 0 Å². The van der Waals surface area contributed by atoms with Crippen LogP contribution in [0, 0.1) is 38.3 Å². The van der Waals surface area contributed by atoms with Crippen molar-refractivity contribution in [2.45, 2.75) is 13.8 Å². The maximum Gasteiger partial charge on any atom is 3.00 e. The molecule has 0 N–H and O–H groups in total. The zero-order valence-corrected chi connectivity index (χ0v) is 24.0. The number of rotatable bonds is 3. The summed E-state index contributed by atoms with van der Waals surface area (Å²) in [6.45, 7) is 4.13. The second kappa shape index (κ2) is 15.0. The van der Waals surface area contributed by atoms with E-state index in [1.54, 1.807) is 18.6 Å². The van der Waals surface area contributed by atoms with Crippen LogP contribution in [0.2, 0.25) is 0 Å². The van der Waals surface area contributed by atoms with Crippen molar-refractivity contribution in [2.24, 2.45) is 0 Å². The fourth-order valence-electron chi connectivity index (χ4n) is 3.65. The normalized spacial score (nSPS) is 9.56. The topological polar surface area (TPSA) is 48.5 Å². The van der Waals surface area contributed by atoms with Gasteiger partial charge in [-0.1, -0.05) is 44.2 Å². The van der Waals surface area contributed by atoms with E-state index in [4.69, 9.17) is 6.42 Å². The molecule has 192 valence electrons.